The Hall–Kier alpha value is -2.62. The van der Waals surface area contributed by atoms with Crippen LogP contribution in [0.25, 0.3) is 0 Å². The first-order valence-corrected chi connectivity index (χ1v) is 12.5. The van der Waals surface area contributed by atoms with Crippen molar-refractivity contribution in [2.24, 2.45) is 0 Å². The van der Waals surface area contributed by atoms with E-state index in [1.54, 1.807) is 42.5 Å². The van der Waals surface area contributed by atoms with Crippen LogP contribution in [0.4, 0.5) is 0 Å². The lowest BCUT2D eigenvalue weighted by atomic mass is 10.1. The molecule has 0 aromatic heterocycles. The first-order valence-electron chi connectivity index (χ1n) is 10.6. The Labute approximate surface area is 216 Å². The van der Waals surface area contributed by atoms with Gasteiger partial charge in [0.1, 0.15) is 0 Å². The van der Waals surface area contributed by atoms with E-state index < -0.39 is 21.9 Å². The van der Waals surface area contributed by atoms with Crippen molar-refractivity contribution in [3.05, 3.63) is 88.9 Å². The van der Waals surface area contributed by atoms with E-state index in [0.29, 0.717) is 18.0 Å². The van der Waals surface area contributed by atoms with Gasteiger partial charge < -0.3 is 10.4 Å². The second-order valence-corrected chi connectivity index (χ2v) is 10.3. The van der Waals surface area contributed by atoms with Crippen molar-refractivity contribution < 1.29 is 28.1 Å². The molecular weight excluding hydrogens is 513 g/mol. The standard InChI is InChI=1S/C25H26ClNO6S.ClH/c1-17(27-16-25(29)20-5-3-6-21(26)14-20)13-19-9-11-23(12-10-19)34(30,31)24-8-4-7-22(15-24)33-32-18(2)28;/h3-12,14-15,17,25,27,29H,13,16H2,1-2H3;1H/t17-,25+;/m1./s1. The van der Waals surface area contributed by atoms with Gasteiger partial charge in [-0.15, -0.1) is 12.4 Å². The van der Waals surface area contributed by atoms with Gasteiger partial charge in [-0.1, -0.05) is 41.9 Å². The predicted molar refractivity (Wildman–Crippen MR) is 136 cm³/mol. The number of rotatable bonds is 10. The van der Waals surface area contributed by atoms with E-state index in [2.05, 4.69) is 10.2 Å². The average Bonchev–Trinajstić information content (AvgIpc) is 2.81. The zero-order chi connectivity index (χ0) is 24.7. The van der Waals surface area contributed by atoms with E-state index >= 15 is 0 Å². The van der Waals surface area contributed by atoms with Crippen molar-refractivity contribution in [1.82, 2.24) is 5.32 Å². The lowest BCUT2D eigenvalue weighted by molar-refractivity contribution is -0.210. The summed E-state index contributed by atoms with van der Waals surface area (Å²) in [5.74, 6) is -0.542. The van der Waals surface area contributed by atoms with Gasteiger partial charge in [0.2, 0.25) is 9.84 Å². The van der Waals surface area contributed by atoms with Crippen LogP contribution in [0.5, 0.6) is 5.75 Å². The number of halogens is 2. The summed E-state index contributed by atoms with van der Waals surface area (Å²) < 4.78 is 26.0. The molecule has 10 heteroatoms. The van der Waals surface area contributed by atoms with Crippen molar-refractivity contribution in [3.8, 4) is 5.75 Å². The molecule has 2 N–H and O–H groups in total. The van der Waals surface area contributed by atoms with Gasteiger partial charge in [0.05, 0.1) is 15.9 Å². The largest absolute Gasteiger partial charge is 0.387 e. The molecule has 0 unspecified atom stereocenters. The van der Waals surface area contributed by atoms with Gasteiger partial charge in [-0.3, -0.25) is 9.78 Å². The van der Waals surface area contributed by atoms with E-state index in [0.717, 1.165) is 11.1 Å². The summed E-state index contributed by atoms with van der Waals surface area (Å²) in [4.78, 5) is 20.3. The van der Waals surface area contributed by atoms with Crippen molar-refractivity contribution >= 4 is 39.8 Å². The molecular formula is C25H27Cl2NO6S. The molecule has 3 aromatic carbocycles. The van der Waals surface area contributed by atoms with E-state index in [1.807, 2.05) is 13.0 Å². The number of aliphatic hydroxyl groups is 1. The summed E-state index contributed by atoms with van der Waals surface area (Å²) in [5, 5.41) is 14.2. The van der Waals surface area contributed by atoms with Crippen LogP contribution >= 0.6 is 24.0 Å². The Kier molecular flexibility index (Phi) is 10.5. The molecule has 3 rings (SSSR count). The summed E-state index contributed by atoms with van der Waals surface area (Å²) in [6.45, 7) is 3.53. The van der Waals surface area contributed by atoms with Crippen LogP contribution in [0.3, 0.4) is 0 Å². The summed E-state index contributed by atoms with van der Waals surface area (Å²) in [6, 6.07) is 19.5. The first kappa shape index (κ1) is 28.6. The van der Waals surface area contributed by atoms with Crippen LogP contribution in [0.1, 0.15) is 31.1 Å². The Morgan fingerprint density at radius 2 is 1.71 bits per heavy atom. The Balaban J connectivity index is 0.00000432. The second kappa shape index (κ2) is 12.9. The molecule has 2 atom stereocenters. The molecule has 0 amide bonds. The van der Waals surface area contributed by atoms with E-state index in [-0.39, 0.29) is 34.0 Å². The maximum absolute atomic E-state index is 13.0. The van der Waals surface area contributed by atoms with E-state index in [4.69, 9.17) is 16.5 Å². The minimum absolute atomic E-state index is 0. The third kappa shape index (κ3) is 8.23. The zero-order valence-electron chi connectivity index (χ0n) is 19.2. The Morgan fingerprint density at radius 1 is 1.03 bits per heavy atom. The van der Waals surface area contributed by atoms with Crippen molar-refractivity contribution in [1.29, 1.82) is 0 Å². The quantitative estimate of drug-likeness (QED) is 0.284. The molecule has 0 radical (unpaired) electrons. The van der Waals surface area contributed by atoms with E-state index in [1.165, 1.54) is 31.2 Å². The lowest BCUT2D eigenvalue weighted by Crippen LogP contribution is -2.32. The molecule has 0 spiro atoms. The summed E-state index contributed by atoms with van der Waals surface area (Å²) in [5.41, 5.74) is 1.69. The van der Waals surface area contributed by atoms with Crippen LogP contribution in [-0.4, -0.2) is 32.1 Å². The monoisotopic (exact) mass is 539 g/mol. The molecule has 0 aliphatic heterocycles. The van der Waals surface area contributed by atoms with Crippen molar-refractivity contribution in [2.75, 3.05) is 6.54 Å². The fraction of sp³-hybridized carbons (Fsp3) is 0.240. The number of aliphatic hydroxyl groups excluding tert-OH is 1. The van der Waals surface area contributed by atoms with Gasteiger partial charge in [-0.25, -0.2) is 13.2 Å². The Bertz CT molecular complexity index is 1230. The van der Waals surface area contributed by atoms with Gasteiger partial charge in [-0.2, -0.15) is 0 Å². The van der Waals surface area contributed by atoms with Crippen LogP contribution < -0.4 is 10.2 Å². The zero-order valence-corrected chi connectivity index (χ0v) is 21.6. The first-order chi connectivity index (χ1) is 16.1. The van der Waals surface area contributed by atoms with Gasteiger partial charge in [0.15, 0.2) is 5.75 Å². The molecule has 0 aliphatic carbocycles. The van der Waals surface area contributed by atoms with Crippen LogP contribution in [0, 0.1) is 0 Å². The number of benzene rings is 3. The van der Waals surface area contributed by atoms with Gasteiger partial charge in [-0.05, 0) is 60.9 Å². The third-order valence-corrected chi connectivity index (χ3v) is 7.04. The smallest absolute Gasteiger partial charge is 0.352 e. The van der Waals surface area contributed by atoms with Crippen LogP contribution in [-0.2, 0) is 25.9 Å². The van der Waals surface area contributed by atoms with Gasteiger partial charge >= 0.3 is 5.97 Å². The molecule has 0 aliphatic rings. The molecule has 35 heavy (non-hydrogen) atoms. The molecule has 3 aromatic rings. The molecule has 0 saturated carbocycles. The van der Waals surface area contributed by atoms with Crippen LogP contribution in [0.2, 0.25) is 5.02 Å². The average molecular weight is 540 g/mol. The third-order valence-electron chi connectivity index (χ3n) is 5.04. The normalized spacial score (nSPS) is 12.8. The SMILES string of the molecule is CC(=O)OOc1cccc(S(=O)(=O)c2ccc(C[C@@H](C)NC[C@H](O)c3cccc(Cl)c3)cc2)c1.Cl. The molecule has 0 bridgehead atoms. The highest BCUT2D eigenvalue weighted by atomic mass is 35.5. The highest BCUT2D eigenvalue weighted by molar-refractivity contribution is 7.91. The predicted octanol–water partition coefficient (Wildman–Crippen LogP) is 4.71. The van der Waals surface area contributed by atoms with Gasteiger partial charge in [0, 0.05) is 30.6 Å². The minimum atomic E-state index is -3.78. The maximum Gasteiger partial charge on any atom is 0.352 e. The summed E-state index contributed by atoms with van der Waals surface area (Å²) >= 11 is 5.98. The summed E-state index contributed by atoms with van der Waals surface area (Å²) in [7, 11) is -3.78. The molecule has 0 heterocycles. The number of carbonyl (C=O) groups excluding carboxylic acids is 1. The molecule has 0 saturated heterocycles. The highest BCUT2D eigenvalue weighted by Gasteiger charge is 2.19. The van der Waals surface area contributed by atoms with Crippen LogP contribution in [0.15, 0.2) is 82.6 Å². The highest BCUT2D eigenvalue weighted by Crippen LogP contribution is 2.25. The molecule has 7 nitrogen and oxygen atoms in total. The van der Waals surface area contributed by atoms with Crippen molar-refractivity contribution in [2.45, 2.75) is 42.2 Å². The number of carbonyl (C=O) groups is 1. The van der Waals surface area contributed by atoms with E-state index in [9.17, 15) is 18.3 Å². The fourth-order valence-electron chi connectivity index (χ4n) is 3.31. The number of hydrogen-bond acceptors (Lipinski definition) is 7. The fourth-order valence-corrected chi connectivity index (χ4v) is 4.81. The molecule has 0 fully saturated rings. The summed E-state index contributed by atoms with van der Waals surface area (Å²) in [6.07, 6.45) is -0.0387. The maximum atomic E-state index is 13.0. The number of sulfone groups is 1. The van der Waals surface area contributed by atoms with Gasteiger partial charge in [0.25, 0.3) is 0 Å². The molecule has 188 valence electrons. The second-order valence-electron chi connectivity index (χ2n) is 7.86. The lowest BCUT2D eigenvalue weighted by Gasteiger charge is -2.18. The number of nitrogens with one attached hydrogen (secondary N) is 1. The minimum Gasteiger partial charge on any atom is -0.387 e. The Morgan fingerprint density at radius 3 is 2.37 bits per heavy atom. The van der Waals surface area contributed by atoms with Crippen molar-refractivity contribution in [3.63, 3.8) is 0 Å². The number of hydrogen-bond donors (Lipinski definition) is 2. The topological polar surface area (TPSA) is 102 Å².